The number of methoxy groups -OCH3 is 1. The number of nitrogens with zero attached hydrogens (tertiary/aromatic N) is 2. The lowest BCUT2D eigenvalue weighted by molar-refractivity contribution is 0.0305. The van der Waals surface area contributed by atoms with Crippen LogP contribution in [-0.2, 0) is 14.8 Å². The van der Waals surface area contributed by atoms with Crippen molar-refractivity contribution in [2.45, 2.75) is 36.8 Å². The van der Waals surface area contributed by atoms with Crippen molar-refractivity contribution in [2.24, 2.45) is 11.8 Å². The average molecular weight is 402 g/mol. The number of nitrogens with one attached hydrogen (secondary N) is 1. The predicted molar refractivity (Wildman–Crippen MR) is 109 cm³/mol. The molecule has 150 valence electrons. The van der Waals surface area contributed by atoms with Gasteiger partial charge in [0, 0.05) is 26.4 Å². The molecule has 2 fully saturated rings. The van der Waals surface area contributed by atoms with Crippen LogP contribution in [0.4, 0.5) is 5.82 Å². The highest BCUT2D eigenvalue weighted by molar-refractivity contribution is 7.89. The highest BCUT2D eigenvalue weighted by Crippen LogP contribution is 2.40. The first-order valence-electron chi connectivity index (χ1n) is 9.75. The molecule has 0 unspecified atom stereocenters. The molecule has 1 aliphatic carbocycles. The van der Waals surface area contributed by atoms with Crippen molar-refractivity contribution in [3.05, 3.63) is 54.2 Å². The van der Waals surface area contributed by atoms with Crippen molar-refractivity contribution in [1.29, 1.82) is 0 Å². The minimum Gasteiger partial charge on any atom is -0.379 e. The molecule has 1 aromatic heterocycles. The zero-order chi connectivity index (χ0) is 19.7. The maximum absolute atomic E-state index is 13.2. The number of ether oxygens (including phenoxy) is 1. The fourth-order valence-electron chi connectivity index (χ4n) is 4.60. The first-order valence-corrected chi connectivity index (χ1v) is 11.2. The van der Waals surface area contributed by atoms with E-state index in [-0.39, 0.29) is 12.1 Å². The van der Waals surface area contributed by atoms with Crippen LogP contribution >= 0.6 is 0 Å². The first kappa shape index (κ1) is 19.4. The van der Waals surface area contributed by atoms with E-state index in [0.717, 1.165) is 24.2 Å². The van der Waals surface area contributed by atoms with Crippen LogP contribution in [0.2, 0.25) is 0 Å². The fraction of sp³-hybridized carbons (Fsp3) is 0.476. The number of benzene rings is 1. The highest BCUT2D eigenvalue weighted by Gasteiger charge is 2.46. The maximum Gasteiger partial charge on any atom is 0.243 e. The Balaban J connectivity index is 1.51. The molecule has 1 saturated carbocycles. The van der Waals surface area contributed by atoms with Crippen molar-refractivity contribution < 1.29 is 13.2 Å². The van der Waals surface area contributed by atoms with Gasteiger partial charge >= 0.3 is 0 Å². The van der Waals surface area contributed by atoms with Crippen molar-refractivity contribution in [3.8, 4) is 0 Å². The maximum atomic E-state index is 13.2. The molecule has 0 radical (unpaired) electrons. The minimum atomic E-state index is -3.47. The molecule has 2 aliphatic rings. The topological polar surface area (TPSA) is 71.5 Å². The van der Waals surface area contributed by atoms with E-state index < -0.39 is 10.0 Å². The van der Waals surface area contributed by atoms with E-state index in [4.69, 9.17) is 4.74 Å². The summed E-state index contributed by atoms with van der Waals surface area (Å²) in [6.45, 7) is 2.99. The molecule has 4 rings (SSSR count). The van der Waals surface area contributed by atoms with Gasteiger partial charge in [-0.05, 0) is 55.4 Å². The Kier molecular flexibility index (Phi) is 5.40. The van der Waals surface area contributed by atoms with Gasteiger partial charge in [0.1, 0.15) is 5.82 Å². The van der Waals surface area contributed by atoms with E-state index >= 15 is 0 Å². The summed E-state index contributed by atoms with van der Waals surface area (Å²) in [5.74, 6) is 1.48. The highest BCUT2D eigenvalue weighted by atomic mass is 32.2. The second-order valence-corrected chi connectivity index (χ2v) is 9.73. The lowest BCUT2D eigenvalue weighted by atomic mass is 9.77. The molecule has 2 aromatic rings. The van der Waals surface area contributed by atoms with Crippen LogP contribution in [0.15, 0.2) is 53.6 Å². The summed E-state index contributed by atoms with van der Waals surface area (Å²) in [6, 6.07) is 13.1. The van der Waals surface area contributed by atoms with Crippen molar-refractivity contribution in [3.63, 3.8) is 0 Å². The van der Waals surface area contributed by atoms with Crippen molar-refractivity contribution in [2.75, 3.05) is 25.5 Å². The van der Waals surface area contributed by atoms with Crippen molar-refractivity contribution >= 4 is 15.8 Å². The third-order valence-corrected chi connectivity index (χ3v) is 8.09. The van der Waals surface area contributed by atoms with E-state index in [2.05, 4.69) is 10.3 Å². The molecule has 6 nitrogen and oxygen atoms in total. The summed E-state index contributed by atoms with van der Waals surface area (Å²) in [6.07, 6.45) is 3.54. The van der Waals surface area contributed by atoms with Gasteiger partial charge in [-0.3, -0.25) is 0 Å². The van der Waals surface area contributed by atoms with Gasteiger partial charge in [0.15, 0.2) is 0 Å². The standard InChI is InChI=1S/C21H27N3O3S/c1-15-7-3-4-8-20(15)28(25,26)24-13-16-11-18(19(27-2)12-17(16)14-24)23-21-9-5-6-10-22-21/h3-10,16-19H,11-14H2,1-2H3,(H,22,23)/t16-,17+,18-,19-/m1/s1. The van der Waals surface area contributed by atoms with Crippen LogP contribution in [0, 0.1) is 18.8 Å². The summed E-state index contributed by atoms with van der Waals surface area (Å²) >= 11 is 0. The molecule has 0 spiro atoms. The summed E-state index contributed by atoms with van der Waals surface area (Å²) in [5.41, 5.74) is 0.793. The quantitative estimate of drug-likeness (QED) is 0.834. The largest absolute Gasteiger partial charge is 0.379 e. The van der Waals surface area contributed by atoms with Gasteiger partial charge in [-0.1, -0.05) is 24.3 Å². The third-order valence-electron chi connectivity index (χ3n) is 6.10. The van der Waals surface area contributed by atoms with E-state index in [1.54, 1.807) is 29.7 Å². The Morgan fingerprint density at radius 2 is 1.79 bits per heavy atom. The van der Waals surface area contributed by atoms with Crippen LogP contribution in [0.3, 0.4) is 0 Å². The van der Waals surface area contributed by atoms with E-state index in [1.807, 2.05) is 37.3 Å². The number of pyridine rings is 1. The van der Waals surface area contributed by atoms with E-state index in [0.29, 0.717) is 29.8 Å². The predicted octanol–water partition coefficient (Wildman–Crippen LogP) is 2.92. The van der Waals surface area contributed by atoms with Gasteiger partial charge in [-0.15, -0.1) is 0 Å². The molecule has 1 N–H and O–H groups in total. The van der Waals surface area contributed by atoms with Gasteiger partial charge in [0.25, 0.3) is 0 Å². The zero-order valence-electron chi connectivity index (χ0n) is 16.3. The van der Waals surface area contributed by atoms with Gasteiger partial charge in [-0.25, -0.2) is 13.4 Å². The number of anilines is 1. The molecule has 2 heterocycles. The molecule has 0 bridgehead atoms. The molecule has 28 heavy (non-hydrogen) atoms. The zero-order valence-corrected chi connectivity index (χ0v) is 17.1. The summed E-state index contributed by atoms with van der Waals surface area (Å²) in [7, 11) is -1.74. The Labute approximate surface area is 167 Å². The number of hydrogen-bond donors (Lipinski definition) is 1. The molecule has 0 amide bonds. The van der Waals surface area contributed by atoms with Crippen LogP contribution in [-0.4, -0.2) is 50.1 Å². The van der Waals surface area contributed by atoms with Crippen LogP contribution in [0.5, 0.6) is 0 Å². The SMILES string of the molecule is CO[C@@H]1C[C@H]2CN(S(=O)(=O)c3ccccc3C)C[C@H]2C[C@H]1Nc1ccccn1. The minimum absolute atomic E-state index is 0.0457. The Hall–Kier alpha value is -1.96. The van der Waals surface area contributed by atoms with Gasteiger partial charge in [0.05, 0.1) is 17.0 Å². The Morgan fingerprint density at radius 1 is 1.07 bits per heavy atom. The lowest BCUT2D eigenvalue weighted by Crippen LogP contribution is -2.44. The van der Waals surface area contributed by atoms with Crippen LogP contribution in [0.1, 0.15) is 18.4 Å². The first-order chi connectivity index (χ1) is 13.5. The lowest BCUT2D eigenvalue weighted by Gasteiger charge is -2.37. The second-order valence-electron chi connectivity index (χ2n) is 7.82. The molecule has 4 atom stereocenters. The van der Waals surface area contributed by atoms with Gasteiger partial charge in [-0.2, -0.15) is 4.31 Å². The number of sulfonamides is 1. The van der Waals surface area contributed by atoms with Gasteiger partial charge in [0.2, 0.25) is 10.0 Å². The summed E-state index contributed by atoms with van der Waals surface area (Å²) in [5, 5.41) is 3.48. The summed E-state index contributed by atoms with van der Waals surface area (Å²) < 4.78 is 33.8. The second kappa shape index (κ2) is 7.81. The van der Waals surface area contributed by atoms with E-state index in [1.165, 1.54) is 0 Å². The molecule has 1 aliphatic heterocycles. The molecule has 1 saturated heterocycles. The monoisotopic (exact) mass is 401 g/mol. The van der Waals surface area contributed by atoms with Crippen molar-refractivity contribution in [1.82, 2.24) is 9.29 Å². The van der Waals surface area contributed by atoms with Crippen LogP contribution in [0.25, 0.3) is 0 Å². The fourth-order valence-corrected chi connectivity index (χ4v) is 6.38. The molecule has 1 aromatic carbocycles. The number of aromatic nitrogens is 1. The smallest absolute Gasteiger partial charge is 0.243 e. The van der Waals surface area contributed by atoms with Gasteiger partial charge < -0.3 is 10.1 Å². The number of hydrogen-bond acceptors (Lipinski definition) is 5. The van der Waals surface area contributed by atoms with Crippen LogP contribution < -0.4 is 5.32 Å². The summed E-state index contributed by atoms with van der Waals surface area (Å²) in [4.78, 5) is 4.77. The molecule has 7 heteroatoms. The molecular weight excluding hydrogens is 374 g/mol. The van der Waals surface area contributed by atoms with E-state index in [9.17, 15) is 8.42 Å². The average Bonchev–Trinajstić information content (AvgIpc) is 3.12. The Morgan fingerprint density at radius 3 is 2.46 bits per heavy atom. The molecular formula is C21H27N3O3S. The third kappa shape index (κ3) is 3.66. The number of rotatable bonds is 5. The normalized spacial score (nSPS) is 28.1. The number of fused-ring (bicyclic) bond motifs is 1. The Bertz CT molecular complexity index is 920. The number of aryl methyl sites for hydroxylation is 1.